The average molecular weight is 568 g/mol. The van der Waals surface area contributed by atoms with Gasteiger partial charge in [0.25, 0.3) is 0 Å². The fourth-order valence-electron chi connectivity index (χ4n) is 4.21. The number of guanidine groups is 1. The van der Waals surface area contributed by atoms with Crippen LogP contribution in [-0.4, -0.2) is 62.9 Å². The van der Waals surface area contributed by atoms with Crippen LogP contribution in [0.2, 0.25) is 0 Å². The molecule has 4 rings (SSSR count). The molecule has 0 saturated carbocycles. The molecule has 2 aliphatic rings. The Morgan fingerprint density at radius 1 is 1.06 bits per heavy atom. The molecule has 0 spiro atoms. The number of benzene rings is 2. The zero-order valence-corrected chi connectivity index (χ0v) is 21.7. The molecule has 2 atom stereocenters. The molecule has 8 heteroatoms. The van der Waals surface area contributed by atoms with E-state index in [1.807, 2.05) is 0 Å². The number of nitrogens with one attached hydrogen (secondary N) is 1. The highest BCUT2D eigenvalue weighted by atomic mass is 127. The molecule has 0 radical (unpaired) electrons. The van der Waals surface area contributed by atoms with E-state index >= 15 is 0 Å². The molecule has 2 saturated heterocycles. The summed E-state index contributed by atoms with van der Waals surface area (Å²) in [4.78, 5) is 9.50. The van der Waals surface area contributed by atoms with Crippen molar-refractivity contribution in [2.24, 2.45) is 4.99 Å². The highest BCUT2D eigenvalue weighted by Gasteiger charge is 2.28. The van der Waals surface area contributed by atoms with Crippen LogP contribution in [0, 0.1) is 5.82 Å². The van der Waals surface area contributed by atoms with E-state index in [2.05, 4.69) is 53.2 Å². The van der Waals surface area contributed by atoms with Crippen LogP contribution >= 0.6 is 24.0 Å². The van der Waals surface area contributed by atoms with Crippen molar-refractivity contribution in [3.05, 3.63) is 65.5 Å². The van der Waals surface area contributed by atoms with E-state index in [9.17, 15) is 4.39 Å². The van der Waals surface area contributed by atoms with Crippen LogP contribution in [0.3, 0.4) is 0 Å². The molecule has 0 aliphatic carbocycles. The van der Waals surface area contributed by atoms with Crippen LogP contribution in [-0.2, 0) is 16.0 Å². The third-order valence-electron chi connectivity index (χ3n) is 5.86. The van der Waals surface area contributed by atoms with Crippen molar-refractivity contribution in [3.63, 3.8) is 0 Å². The number of morpholine rings is 2. The van der Waals surface area contributed by atoms with Crippen LogP contribution in [0.4, 0.5) is 10.1 Å². The van der Waals surface area contributed by atoms with Gasteiger partial charge in [-0.25, -0.2) is 9.38 Å². The van der Waals surface area contributed by atoms with Crippen molar-refractivity contribution < 1.29 is 13.9 Å². The predicted octanol–water partition coefficient (Wildman–Crippen LogP) is 4.21. The van der Waals surface area contributed by atoms with Crippen molar-refractivity contribution >= 4 is 35.6 Å². The second-order valence-electron chi connectivity index (χ2n) is 8.33. The van der Waals surface area contributed by atoms with Gasteiger partial charge in [0, 0.05) is 31.9 Å². The molecule has 2 aromatic rings. The first-order valence-corrected chi connectivity index (χ1v) is 11.5. The molecular weight excluding hydrogens is 534 g/mol. The van der Waals surface area contributed by atoms with Gasteiger partial charge in [-0.15, -0.1) is 24.0 Å². The average Bonchev–Trinajstić information content (AvgIpc) is 2.83. The maximum atomic E-state index is 13.3. The summed E-state index contributed by atoms with van der Waals surface area (Å²) in [6, 6.07) is 15.2. The highest BCUT2D eigenvalue weighted by molar-refractivity contribution is 14.0. The topological polar surface area (TPSA) is 49.3 Å². The van der Waals surface area contributed by atoms with E-state index in [0.29, 0.717) is 13.1 Å². The molecule has 33 heavy (non-hydrogen) atoms. The SMILES string of the molecule is CCNC(=NCc1ccc(N2CCOCC2)cc1)N1CC(C)OC(c2ccc(F)cc2)C1.I. The van der Waals surface area contributed by atoms with Gasteiger partial charge < -0.3 is 24.6 Å². The molecule has 0 amide bonds. The van der Waals surface area contributed by atoms with E-state index < -0.39 is 0 Å². The summed E-state index contributed by atoms with van der Waals surface area (Å²) in [5.41, 5.74) is 3.39. The molecule has 2 heterocycles. The number of anilines is 1. The Balaban J connectivity index is 0.00000306. The molecular formula is C25H34FIN4O2. The lowest BCUT2D eigenvalue weighted by Crippen LogP contribution is -2.50. The number of ether oxygens (including phenoxy) is 2. The lowest BCUT2D eigenvalue weighted by molar-refractivity contribution is -0.0605. The Hall–Kier alpha value is -1.91. The molecule has 2 aromatic carbocycles. The zero-order chi connectivity index (χ0) is 22.3. The molecule has 0 bridgehead atoms. The Kier molecular flexibility index (Phi) is 9.76. The van der Waals surface area contributed by atoms with Gasteiger partial charge in [-0.1, -0.05) is 24.3 Å². The summed E-state index contributed by atoms with van der Waals surface area (Å²) in [6.07, 6.45) is -0.0634. The van der Waals surface area contributed by atoms with Gasteiger partial charge >= 0.3 is 0 Å². The van der Waals surface area contributed by atoms with Crippen LogP contribution in [0.1, 0.15) is 31.1 Å². The summed E-state index contributed by atoms with van der Waals surface area (Å²) < 4.78 is 24.9. The minimum absolute atomic E-state index is 0. The van der Waals surface area contributed by atoms with Gasteiger partial charge in [-0.3, -0.25) is 0 Å². The molecule has 180 valence electrons. The summed E-state index contributed by atoms with van der Waals surface area (Å²) >= 11 is 0. The normalized spacial score (nSPS) is 21.5. The number of hydrogen-bond donors (Lipinski definition) is 1. The van der Waals surface area contributed by atoms with E-state index in [1.54, 1.807) is 12.1 Å². The van der Waals surface area contributed by atoms with E-state index in [4.69, 9.17) is 14.5 Å². The molecule has 2 unspecified atom stereocenters. The number of nitrogens with zero attached hydrogens (tertiary/aromatic N) is 3. The van der Waals surface area contributed by atoms with Crippen LogP contribution in [0.15, 0.2) is 53.5 Å². The van der Waals surface area contributed by atoms with Gasteiger partial charge in [-0.05, 0) is 49.2 Å². The van der Waals surface area contributed by atoms with Gasteiger partial charge in [-0.2, -0.15) is 0 Å². The van der Waals surface area contributed by atoms with E-state index in [0.717, 1.165) is 50.9 Å². The minimum Gasteiger partial charge on any atom is -0.378 e. The van der Waals surface area contributed by atoms with Gasteiger partial charge in [0.1, 0.15) is 11.9 Å². The Labute approximate surface area is 213 Å². The Morgan fingerprint density at radius 2 is 1.76 bits per heavy atom. The monoisotopic (exact) mass is 568 g/mol. The zero-order valence-electron chi connectivity index (χ0n) is 19.4. The Morgan fingerprint density at radius 3 is 2.42 bits per heavy atom. The van der Waals surface area contributed by atoms with Gasteiger partial charge in [0.2, 0.25) is 0 Å². The quantitative estimate of drug-likeness (QED) is 0.333. The largest absolute Gasteiger partial charge is 0.378 e. The molecule has 1 N–H and O–H groups in total. The lowest BCUT2D eigenvalue weighted by atomic mass is 10.1. The third-order valence-corrected chi connectivity index (χ3v) is 5.86. The van der Waals surface area contributed by atoms with Crippen molar-refractivity contribution in [1.82, 2.24) is 10.2 Å². The fraction of sp³-hybridized carbons (Fsp3) is 0.480. The highest BCUT2D eigenvalue weighted by Crippen LogP contribution is 2.25. The first kappa shape index (κ1) is 25.7. The number of halogens is 2. The standard InChI is InChI=1S/C25H33FN4O2.HI/c1-3-27-25(28-16-20-4-10-23(11-5-20)29-12-14-31-15-13-29)30-17-19(2)32-24(18-30)21-6-8-22(26)9-7-21;/h4-11,19,24H,3,12-18H2,1-2H3,(H,27,28);1H. The summed E-state index contributed by atoms with van der Waals surface area (Å²) in [7, 11) is 0. The van der Waals surface area contributed by atoms with Gasteiger partial charge in [0.05, 0.1) is 32.4 Å². The lowest BCUT2D eigenvalue weighted by Gasteiger charge is -2.38. The van der Waals surface area contributed by atoms with Crippen molar-refractivity contribution in [3.8, 4) is 0 Å². The predicted molar refractivity (Wildman–Crippen MR) is 141 cm³/mol. The van der Waals surface area contributed by atoms with Crippen LogP contribution < -0.4 is 10.2 Å². The van der Waals surface area contributed by atoms with Crippen LogP contribution in [0.25, 0.3) is 0 Å². The van der Waals surface area contributed by atoms with Crippen molar-refractivity contribution in [2.45, 2.75) is 32.6 Å². The second-order valence-corrected chi connectivity index (χ2v) is 8.33. The minimum atomic E-state index is -0.232. The van der Waals surface area contributed by atoms with E-state index in [-0.39, 0.29) is 42.0 Å². The summed E-state index contributed by atoms with van der Waals surface area (Å²) in [5.74, 6) is 0.649. The fourth-order valence-corrected chi connectivity index (χ4v) is 4.21. The van der Waals surface area contributed by atoms with Crippen molar-refractivity contribution in [1.29, 1.82) is 0 Å². The maximum Gasteiger partial charge on any atom is 0.194 e. The maximum absolute atomic E-state index is 13.3. The second kappa shape index (κ2) is 12.5. The molecule has 2 aliphatic heterocycles. The summed E-state index contributed by atoms with van der Waals surface area (Å²) in [6.45, 7) is 10.4. The van der Waals surface area contributed by atoms with Crippen molar-refractivity contribution in [2.75, 3.05) is 50.8 Å². The Bertz CT molecular complexity index is 888. The number of hydrogen-bond acceptors (Lipinski definition) is 4. The van der Waals surface area contributed by atoms with Crippen LogP contribution in [0.5, 0.6) is 0 Å². The number of aliphatic imine (C=N–C) groups is 1. The molecule has 0 aromatic heterocycles. The first-order valence-electron chi connectivity index (χ1n) is 11.5. The first-order chi connectivity index (χ1) is 15.6. The molecule has 6 nitrogen and oxygen atoms in total. The molecule has 2 fully saturated rings. The smallest absolute Gasteiger partial charge is 0.194 e. The third kappa shape index (κ3) is 7.04. The number of rotatable bonds is 5. The summed E-state index contributed by atoms with van der Waals surface area (Å²) in [5, 5.41) is 3.43. The van der Waals surface area contributed by atoms with Gasteiger partial charge in [0.15, 0.2) is 5.96 Å². The van der Waals surface area contributed by atoms with E-state index in [1.165, 1.54) is 23.4 Å².